The molecule has 166 valence electrons. The van der Waals surface area contributed by atoms with Crippen LogP contribution in [0, 0.1) is 0 Å². The van der Waals surface area contributed by atoms with E-state index < -0.39 is 27.9 Å². The molecule has 1 aliphatic heterocycles. The highest BCUT2D eigenvalue weighted by atomic mass is 32.2. The van der Waals surface area contributed by atoms with Gasteiger partial charge in [-0.05, 0) is 29.8 Å². The van der Waals surface area contributed by atoms with Crippen LogP contribution in [0.2, 0.25) is 0 Å². The minimum Gasteiger partial charge on any atom is -0.480 e. The number of aromatic nitrogens is 2. The SMILES string of the molecule is CS(=O)(=O)c1ccc(NC(=O)N2Cc3c(ncn3Cc3ccccc3)CC2C(=O)O)cc1. The Balaban J connectivity index is 1.56. The number of imidazole rings is 1. The molecule has 0 bridgehead atoms. The lowest BCUT2D eigenvalue weighted by atomic mass is 10.0. The molecule has 2 N–H and O–H groups in total. The number of carbonyl (C=O) groups is 2. The number of nitrogens with zero attached hydrogens (tertiary/aromatic N) is 3. The number of carboxylic acids is 1. The number of benzene rings is 2. The summed E-state index contributed by atoms with van der Waals surface area (Å²) in [6, 6.07) is 13.9. The molecule has 9 nitrogen and oxygen atoms in total. The molecule has 2 amide bonds. The van der Waals surface area contributed by atoms with Crippen LogP contribution in [0.4, 0.5) is 10.5 Å². The molecule has 0 aliphatic carbocycles. The van der Waals surface area contributed by atoms with Crippen molar-refractivity contribution >= 4 is 27.5 Å². The van der Waals surface area contributed by atoms with E-state index in [1.807, 2.05) is 34.9 Å². The predicted molar refractivity (Wildman–Crippen MR) is 117 cm³/mol. The Kier molecular flexibility index (Phi) is 5.70. The fourth-order valence-electron chi connectivity index (χ4n) is 3.70. The van der Waals surface area contributed by atoms with Gasteiger partial charge in [0, 0.05) is 24.9 Å². The average Bonchev–Trinajstić information content (AvgIpc) is 3.15. The van der Waals surface area contributed by atoms with Crippen LogP contribution in [0.3, 0.4) is 0 Å². The first-order chi connectivity index (χ1) is 15.2. The van der Waals surface area contributed by atoms with E-state index >= 15 is 0 Å². The number of nitrogens with one attached hydrogen (secondary N) is 1. The van der Waals surface area contributed by atoms with Gasteiger partial charge in [0.05, 0.1) is 29.2 Å². The van der Waals surface area contributed by atoms with E-state index in [4.69, 9.17) is 0 Å². The Labute approximate surface area is 185 Å². The molecule has 10 heteroatoms. The number of sulfone groups is 1. The van der Waals surface area contributed by atoms with E-state index in [2.05, 4.69) is 10.3 Å². The molecule has 1 unspecified atom stereocenters. The highest BCUT2D eigenvalue weighted by Crippen LogP contribution is 2.25. The molecule has 32 heavy (non-hydrogen) atoms. The molecule has 0 saturated heterocycles. The third-order valence-corrected chi connectivity index (χ3v) is 6.52. The van der Waals surface area contributed by atoms with E-state index in [1.54, 1.807) is 6.33 Å². The maximum atomic E-state index is 13.0. The number of fused-ring (bicyclic) bond motifs is 1. The number of urea groups is 1. The highest BCUT2D eigenvalue weighted by Gasteiger charge is 2.37. The van der Waals surface area contributed by atoms with Gasteiger partial charge in [-0.2, -0.15) is 0 Å². The van der Waals surface area contributed by atoms with E-state index in [1.165, 1.54) is 29.2 Å². The second-order valence-electron chi connectivity index (χ2n) is 7.66. The Hall–Kier alpha value is -3.66. The zero-order valence-electron chi connectivity index (χ0n) is 17.3. The van der Waals surface area contributed by atoms with Crippen molar-refractivity contribution in [1.29, 1.82) is 0 Å². The van der Waals surface area contributed by atoms with Gasteiger partial charge in [0.25, 0.3) is 0 Å². The number of hydrogen-bond acceptors (Lipinski definition) is 5. The van der Waals surface area contributed by atoms with Crippen LogP contribution in [-0.4, -0.2) is 52.3 Å². The zero-order chi connectivity index (χ0) is 22.9. The zero-order valence-corrected chi connectivity index (χ0v) is 18.1. The number of amides is 2. The Morgan fingerprint density at radius 2 is 1.81 bits per heavy atom. The first-order valence-corrected chi connectivity index (χ1v) is 11.8. The molecule has 1 aromatic heterocycles. The molecule has 1 aliphatic rings. The van der Waals surface area contributed by atoms with Crippen molar-refractivity contribution in [2.45, 2.75) is 30.4 Å². The largest absolute Gasteiger partial charge is 0.480 e. The Bertz CT molecular complexity index is 1250. The second kappa shape index (κ2) is 8.46. The molecular formula is C22H22N4O5S. The molecule has 0 radical (unpaired) electrons. The third kappa shape index (κ3) is 4.50. The smallest absolute Gasteiger partial charge is 0.326 e. The van der Waals surface area contributed by atoms with Crippen LogP contribution in [0.25, 0.3) is 0 Å². The summed E-state index contributed by atoms with van der Waals surface area (Å²) >= 11 is 0. The van der Waals surface area contributed by atoms with Crippen LogP contribution in [-0.2, 0) is 34.1 Å². The molecule has 0 spiro atoms. The van der Waals surface area contributed by atoms with Gasteiger partial charge < -0.3 is 19.9 Å². The summed E-state index contributed by atoms with van der Waals surface area (Å²) in [4.78, 5) is 30.6. The summed E-state index contributed by atoms with van der Waals surface area (Å²) in [7, 11) is -3.36. The van der Waals surface area contributed by atoms with E-state index in [9.17, 15) is 23.1 Å². The van der Waals surface area contributed by atoms with Crippen LogP contribution < -0.4 is 5.32 Å². The van der Waals surface area contributed by atoms with E-state index in [-0.39, 0.29) is 17.9 Å². The van der Waals surface area contributed by atoms with E-state index in [0.29, 0.717) is 17.9 Å². The number of rotatable bonds is 5. The summed E-state index contributed by atoms with van der Waals surface area (Å²) in [6.45, 7) is 0.649. The van der Waals surface area contributed by atoms with Gasteiger partial charge in [-0.3, -0.25) is 0 Å². The highest BCUT2D eigenvalue weighted by molar-refractivity contribution is 7.90. The number of hydrogen-bond donors (Lipinski definition) is 2. The maximum absolute atomic E-state index is 13.0. The number of carbonyl (C=O) groups excluding carboxylic acids is 1. The van der Waals surface area contributed by atoms with Crippen molar-refractivity contribution in [3.05, 3.63) is 77.9 Å². The van der Waals surface area contributed by atoms with Crippen LogP contribution >= 0.6 is 0 Å². The van der Waals surface area contributed by atoms with Crippen molar-refractivity contribution in [1.82, 2.24) is 14.5 Å². The molecule has 1 atom stereocenters. The molecule has 2 heterocycles. The van der Waals surface area contributed by atoms with Crippen molar-refractivity contribution in [3.8, 4) is 0 Å². The Morgan fingerprint density at radius 1 is 1.12 bits per heavy atom. The number of carboxylic acid groups (broad SMARTS) is 1. The second-order valence-corrected chi connectivity index (χ2v) is 9.68. The van der Waals surface area contributed by atoms with Crippen molar-refractivity contribution < 1.29 is 23.1 Å². The predicted octanol–water partition coefficient (Wildman–Crippen LogP) is 2.38. The average molecular weight is 455 g/mol. The summed E-state index contributed by atoms with van der Waals surface area (Å²) in [5.41, 5.74) is 2.88. The minimum absolute atomic E-state index is 0.0897. The van der Waals surface area contributed by atoms with Gasteiger partial charge in [0.15, 0.2) is 9.84 Å². The van der Waals surface area contributed by atoms with Gasteiger partial charge in [-0.25, -0.2) is 23.0 Å². The van der Waals surface area contributed by atoms with Crippen LogP contribution in [0.1, 0.15) is 17.0 Å². The molecule has 4 rings (SSSR count). The fraction of sp³-hybridized carbons (Fsp3) is 0.227. The molecular weight excluding hydrogens is 432 g/mol. The molecule has 2 aromatic carbocycles. The molecule has 0 saturated carbocycles. The maximum Gasteiger partial charge on any atom is 0.326 e. The lowest BCUT2D eigenvalue weighted by Gasteiger charge is -2.33. The van der Waals surface area contributed by atoms with Crippen LogP contribution in [0.15, 0.2) is 65.8 Å². The lowest BCUT2D eigenvalue weighted by Crippen LogP contribution is -2.50. The molecule has 0 fully saturated rings. The Morgan fingerprint density at radius 3 is 2.44 bits per heavy atom. The normalized spacial score (nSPS) is 15.8. The van der Waals surface area contributed by atoms with Crippen molar-refractivity contribution in [2.24, 2.45) is 0 Å². The minimum atomic E-state index is -3.36. The third-order valence-electron chi connectivity index (χ3n) is 5.39. The number of aliphatic carboxylic acids is 1. The van der Waals surface area contributed by atoms with Gasteiger partial charge in [0.1, 0.15) is 6.04 Å². The van der Waals surface area contributed by atoms with Crippen molar-refractivity contribution in [2.75, 3.05) is 11.6 Å². The van der Waals surface area contributed by atoms with Gasteiger partial charge >= 0.3 is 12.0 Å². The summed E-state index contributed by atoms with van der Waals surface area (Å²) in [5.74, 6) is -1.11. The van der Waals surface area contributed by atoms with Gasteiger partial charge in [-0.15, -0.1) is 0 Å². The van der Waals surface area contributed by atoms with Gasteiger partial charge in [-0.1, -0.05) is 30.3 Å². The summed E-state index contributed by atoms with van der Waals surface area (Å²) in [5, 5.41) is 12.4. The summed E-state index contributed by atoms with van der Waals surface area (Å²) in [6.07, 6.45) is 2.87. The molecule has 3 aromatic rings. The quantitative estimate of drug-likeness (QED) is 0.611. The van der Waals surface area contributed by atoms with Gasteiger partial charge in [0.2, 0.25) is 0 Å². The first-order valence-electron chi connectivity index (χ1n) is 9.90. The topological polar surface area (TPSA) is 122 Å². The number of anilines is 1. The fourth-order valence-corrected chi connectivity index (χ4v) is 4.33. The first kappa shape index (κ1) is 21.6. The lowest BCUT2D eigenvalue weighted by molar-refractivity contribution is -0.142. The van der Waals surface area contributed by atoms with Crippen LogP contribution in [0.5, 0.6) is 0 Å². The standard InChI is InChI=1S/C22H22N4O5S/c1-32(30,31)17-9-7-16(8-10-17)24-22(29)26-13-20-18(11-19(26)21(27)28)23-14-25(20)12-15-5-3-2-4-6-15/h2-10,14,19H,11-13H2,1H3,(H,24,29)(H,27,28). The van der Waals surface area contributed by atoms with Crippen molar-refractivity contribution in [3.63, 3.8) is 0 Å². The monoisotopic (exact) mass is 454 g/mol. The van der Waals surface area contributed by atoms with E-state index in [0.717, 1.165) is 17.5 Å². The summed E-state index contributed by atoms with van der Waals surface area (Å²) < 4.78 is 25.2.